The molecule has 1 amide bonds. The van der Waals surface area contributed by atoms with Crippen LogP contribution in [0.3, 0.4) is 0 Å². The van der Waals surface area contributed by atoms with E-state index in [1.54, 1.807) is 13.2 Å². The molecular formula is C26H40ClN3O2. The minimum Gasteiger partial charge on any atom is -0.496 e. The van der Waals surface area contributed by atoms with Crippen molar-refractivity contribution in [3.63, 3.8) is 0 Å². The number of likely N-dealkylation sites (tertiary alicyclic amines) is 1. The summed E-state index contributed by atoms with van der Waals surface area (Å²) < 4.78 is 5.56. The highest BCUT2D eigenvalue weighted by Gasteiger charge is 2.42. The Morgan fingerprint density at radius 1 is 1.12 bits per heavy atom. The van der Waals surface area contributed by atoms with Gasteiger partial charge in [0.05, 0.1) is 23.4 Å². The number of benzene rings is 1. The first-order valence-electron chi connectivity index (χ1n) is 12.4. The number of nitrogens with zero attached hydrogens (tertiary/aromatic N) is 1. The molecule has 1 atom stereocenters. The average Bonchev–Trinajstić information content (AvgIpc) is 3.19. The lowest BCUT2D eigenvalue weighted by Crippen LogP contribution is -2.50. The predicted octanol–water partition coefficient (Wildman–Crippen LogP) is 5.58. The molecule has 2 saturated carbocycles. The maximum absolute atomic E-state index is 13.2. The van der Waals surface area contributed by atoms with E-state index >= 15 is 0 Å². The van der Waals surface area contributed by atoms with Gasteiger partial charge in [-0.2, -0.15) is 0 Å². The molecule has 1 aromatic carbocycles. The third kappa shape index (κ3) is 5.36. The Morgan fingerprint density at radius 2 is 1.78 bits per heavy atom. The number of rotatable bonds is 6. The molecule has 0 spiro atoms. The smallest absolute Gasteiger partial charge is 0.255 e. The number of methoxy groups -OCH3 is 1. The molecule has 2 N–H and O–H groups in total. The van der Waals surface area contributed by atoms with Crippen molar-refractivity contribution < 1.29 is 9.53 Å². The van der Waals surface area contributed by atoms with Gasteiger partial charge in [-0.1, -0.05) is 45.2 Å². The number of anilines is 1. The van der Waals surface area contributed by atoms with Crippen LogP contribution in [-0.4, -0.2) is 49.6 Å². The van der Waals surface area contributed by atoms with Gasteiger partial charge in [0.1, 0.15) is 5.75 Å². The lowest BCUT2D eigenvalue weighted by molar-refractivity contribution is 0.0346. The molecule has 1 saturated heterocycles. The summed E-state index contributed by atoms with van der Waals surface area (Å²) in [5, 5.41) is 7.19. The fraction of sp³-hybridized carbons (Fsp3) is 0.731. The Kier molecular flexibility index (Phi) is 7.26. The molecule has 3 fully saturated rings. The molecule has 2 bridgehead atoms. The van der Waals surface area contributed by atoms with Crippen LogP contribution in [0.1, 0.15) is 76.1 Å². The molecule has 6 heteroatoms. The Bertz CT molecular complexity index is 800. The summed E-state index contributed by atoms with van der Waals surface area (Å²) in [5.41, 5.74) is 1.43. The number of hydrogen-bond acceptors (Lipinski definition) is 4. The first kappa shape index (κ1) is 23.7. The summed E-state index contributed by atoms with van der Waals surface area (Å²) in [6.07, 6.45) is 9.38. The molecule has 1 aliphatic heterocycles. The number of halogens is 1. The van der Waals surface area contributed by atoms with Crippen molar-refractivity contribution in [2.45, 2.75) is 77.8 Å². The van der Waals surface area contributed by atoms with Crippen LogP contribution < -0.4 is 15.4 Å². The van der Waals surface area contributed by atoms with Gasteiger partial charge in [-0.15, -0.1) is 0 Å². The molecule has 4 rings (SSSR count). The molecule has 1 unspecified atom stereocenters. The molecular weight excluding hydrogens is 422 g/mol. The second-order valence-electron chi connectivity index (χ2n) is 11.3. The van der Waals surface area contributed by atoms with Crippen molar-refractivity contribution in [2.75, 3.05) is 32.1 Å². The van der Waals surface area contributed by atoms with E-state index in [4.69, 9.17) is 16.3 Å². The molecule has 178 valence electrons. The van der Waals surface area contributed by atoms with E-state index in [1.165, 1.54) is 38.5 Å². The second kappa shape index (κ2) is 9.80. The van der Waals surface area contributed by atoms with Crippen molar-refractivity contribution in [1.29, 1.82) is 0 Å². The maximum Gasteiger partial charge on any atom is 0.255 e. The Hall–Kier alpha value is -1.46. The minimum absolute atomic E-state index is 0.0955. The summed E-state index contributed by atoms with van der Waals surface area (Å²) in [4.78, 5) is 15.8. The zero-order valence-corrected chi connectivity index (χ0v) is 20.9. The zero-order valence-electron chi connectivity index (χ0n) is 20.2. The Morgan fingerprint density at radius 3 is 2.38 bits per heavy atom. The van der Waals surface area contributed by atoms with Crippen LogP contribution in [0.25, 0.3) is 0 Å². The van der Waals surface area contributed by atoms with Gasteiger partial charge in [-0.25, -0.2) is 0 Å². The lowest BCUT2D eigenvalue weighted by Gasteiger charge is -2.47. The molecule has 32 heavy (non-hydrogen) atoms. The topological polar surface area (TPSA) is 53.6 Å². The van der Waals surface area contributed by atoms with Crippen molar-refractivity contribution in [3.05, 3.63) is 22.7 Å². The lowest BCUT2D eigenvalue weighted by atomic mass is 9.68. The number of carbonyl (C=O) groups is 1. The van der Waals surface area contributed by atoms with Crippen LogP contribution in [0, 0.1) is 17.3 Å². The highest BCUT2D eigenvalue weighted by molar-refractivity contribution is 6.33. The maximum atomic E-state index is 13.2. The van der Waals surface area contributed by atoms with Crippen LogP contribution in [0.2, 0.25) is 5.02 Å². The number of carbonyl (C=O) groups excluding carboxylic acids is 1. The first-order chi connectivity index (χ1) is 15.2. The average molecular weight is 462 g/mol. The predicted molar refractivity (Wildman–Crippen MR) is 132 cm³/mol. The standard InChI is InChI=1S/C26H40ClN3O2/c1-26(2,3)16-28-22-14-23(32-4)20(13-21(22)27)25(31)29-19-11-12-30(15-19)24-17-7-5-8-18(24)10-6-9-17/h13-14,17-19,24,28H,5-12,15-16H2,1-4H3,(H,29,31). The molecule has 2 aliphatic carbocycles. The van der Waals surface area contributed by atoms with Crippen molar-refractivity contribution >= 4 is 23.2 Å². The summed E-state index contributed by atoms with van der Waals surface area (Å²) in [6, 6.07) is 4.50. The number of amides is 1. The number of nitrogens with one attached hydrogen (secondary N) is 2. The van der Waals surface area contributed by atoms with Crippen LogP contribution in [0.4, 0.5) is 5.69 Å². The summed E-state index contributed by atoms with van der Waals surface area (Å²) in [7, 11) is 1.60. The Labute approximate surface area is 198 Å². The molecule has 1 heterocycles. The van der Waals surface area contributed by atoms with Crippen LogP contribution in [-0.2, 0) is 0 Å². The number of ether oxygens (including phenoxy) is 1. The first-order valence-corrected chi connectivity index (χ1v) is 12.8. The summed E-state index contributed by atoms with van der Waals surface area (Å²) in [5.74, 6) is 2.19. The van der Waals surface area contributed by atoms with Gasteiger partial charge in [0.2, 0.25) is 0 Å². The van der Waals surface area contributed by atoms with E-state index in [1.807, 2.05) is 6.07 Å². The minimum atomic E-state index is -0.0955. The van der Waals surface area contributed by atoms with Crippen molar-refractivity contribution in [2.24, 2.45) is 17.3 Å². The van der Waals surface area contributed by atoms with Gasteiger partial charge in [-0.05, 0) is 55.4 Å². The van der Waals surface area contributed by atoms with Gasteiger partial charge in [0.15, 0.2) is 0 Å². The van der Waals surface area contributed by atoms with E-state index in [-0.39, 0.29) is 17.4 Å². The number of fused-ring (bicyclic) bond motifs is 2. The van der Waals surface area contributed by atoms with E-state index in [2.05, 4.69) is 36.3 Å². The SMILES string of the molecule is COc1cc(NCC(C)(C)C)c(Cl)cc1C(=O)NC1CCN(C2C3CCCC2CCC3)C1. The summed E-state index contributed by atoms with van der Waals surface area (Å²) in [6.45, 7) is 9.33. The fourth-order valence-electron chi connectivity index (χ4n) is 6.07. The molecule has 3 aliphatic rings. The fourth-order valence-corrected chi connectivity index (χ4v) is 6.30. The second-order valence-corrected chi connectivity index (χ2v) is 11.7. The van der Waals surface area contributed by atoms with E-state index in [0.29, 0.717) is 16.3 Å². The van der Waals surface area contributed by atoms with E-state index in [0.717, 1.165) is 49.6 Å². The van der Waals surface area contributed by atoms with Gasteiger partial charge in [-0.3, -0.25) is 9.69 Å². The largest absolute Gasteiger partial charge is 0.496 e. The third-order valence-electron chi connectivity index (χ3n) is 7.59. The van der Waals surface area contributed by atoms with Crippen molar-refractivity contribution in [1.82, 2.24) is 10.2 Å². The number of hydrogen-bond donors (Lipinski definition) is 2. The van der Waals surface area contributed by atoms with Crippen molar-refractivity contribution in [3.8, 4) is 5.75 Å². The van der Waals surface area contributed by atoms with E-state index < -0.39 is 0 Å². The van der Waals surface area contributed by atoms with Crippen LogP contribution in [0.15, 0.2) is 12.1 Å². The quantitative estimate of drug-likeness (QED) is 0.580. The molecule has 5 nitrogen and oxygen atoms in total. The zero-order chi connectivity index (χ0) is 22.9. The highest BCUT2D eigenvalue weighted by Crippen LogP contribution is 2.43. The van der Waals surface area contributed by atoms with Gasteiger partial charge < -0.3 is 15.4 Å². The highest BCUT2D eigenvalue weighted by atomic mass is 35.5. The molecule has 0 aromatic heterocycles. The normalized spacial score (nSPS) is 28.4. The summed E-state index contributed by atoms with van der Waals surface area (Å²) >= 11 is 6.52. The monoisotopic (exact) mass is 461 g/mol. The van der Waals surface area contributed by atoms with Gasteiger partial charge in [0.25, 0.3) is 5.91 Å². The van der Waals surface area contributed by atoms with Gasteiger partial charge >= 0.3 is 0 Å². The third-order valence-corrected chi connectivity index (χ3v) is 7.90. The van der Waals surface area contributed by atoms with Gasteiger partial charge in [0, 0.05) is 37.8 Å². The van der Waals surface area contributed by atoms with Crippen LogP contribution in [0.5, 0.6) is 5.75 Å². The van der Waals surface area contributed by atoms with Crippen LogP contribution >= 0.6 is 11.6 Å². The van der Waals surface area contributed by atoms with E-state index in [9.17, 15) is 4.79 Å². The molecule has 0 radical (unpaired) electrons. The molecule has 1 aromatic rings. The Balaban J connectivity index is 1.40.